The minimum absolute atomic E-state index is 0.0376. The highest BCUT2D eigenvalue weighted by atomic mass is 16.4. The van der Waals surface area contributed by atoms with Crippen molar-refractivity contribution in [3.05, 3.63) is 42.0 Å². The lowest BCUT2D eigenvalue weighted by Gasteiger charge is -2.23. The van der Waals surface area contributed by atoms with Crippen molar-refractivity contribution < 1.29 is 24.6 Å². The maximum atomic E-state index is 12.4. The molecule has 0 spiro atoms. The molecule has 4 atom stereocenters. The van der Waals surface area contributed by atoms with Crippen LogP contribution in [0.15, 0.2) is 36.4 Å². The first-order chi connectivity index (χ1) is 10.5. The SMILES string of the molecule is O=C(O)c1ccc(NC(=O)[C@@H]2[C@@H](C(=O)O)[C@@H]3C=C[C@@H]2C3)cc1. The Balaban J connectivity index is 1.75. The number of fused-ring (bicyclic) bond motifs is 2. The van der Waals surface area contributed by atoms with Crippen molar-refractivity contribution in [2.24, 2.45) is 23.7 Å². The quantitative estimate of drug-likeness (QED) is 0.736. The number of allylic oxidation sites excluding steroid dienone is 2. The Hall–Kier alpha value is -2.63. The fraction of sp³-hybridized carbons (Fsp3) is 0.312. The predicted molar refractivity (Wildman–Crippen MR) is 77.4 cm³/mol. The molecule has 0 aliphatic heterocycles. The summed E-state index contributed by atoms with van der Waals surface area (Å²) < 4.78 is 0. The molecule has 2 bridgehead atoms. The molecule has 1 saturated carbocycles. The summed E-state index contributed by atoms with van der Waals surface area (Å²) >= 11 is 0. The maximum absolute atomic E-state index is 12.4. The van der Waals surface area contributed by atoms with Gasteiger partial charge in [0.1, 0.15) is 0 Å². The van der Waals surface area contributed by atoms with Gasteiger partial charge in [-0.15, -0.1) is 0 Å². The lowest BCUT2D eigenvalue weighted by molar-refractivity contribution is -0.146. The Morgan fingerprint density at radius 2 is 1.55 bits per heavy atom. The fourth-order valence-corrected chi connectivity index (χ4v) is 3.44. The smallest absolute Gasteiger partial charge is 0.335 e. The molecule has 114 valence electrons. The summed E-state index contributed by atoms with van der Waals surface area (Å²) in [6.45, 7) is 0. The summed E-state index contributed by atoms with van der Waals surface area (Å²) in [7, 11) is 0. The van der Waals surface area contributed by atoms with Crippen LogP contribution in [0.1, 0.15) is 16.8 Å². The monoisotopic (exact) mass is 301 g/mol. The highest BCUT2D eigenvalue weighted by Gasteiger charge is 2.51. The molecule has 0 unspecified atom stereocenters. The van der Waals surface area contributed by atoms with Gasteiger partial charge in [-0.3, -0.25) is 9.59 Å². The van der Waals surface area contributed by atoms with Crippen LogP contribution in [-0.2, 0) is 9.59 Å². The first kappa shape index (κ1) is 14.3. The van der Waals surface area contributed by atoms with Crippen LogP contribution in [-0.4, -0.2) is 28.1 Å². The molecule has 0 heterocycles. The Morgan fingerprint density at radius 1 is 0.955 bits per heavy atom. The second kappa shape index (κ2) is 5.29. The van der Waals surface area contributed by atoms with Crippen molar-refractivity contribution in [1.82, 2.24) is 0 Å². The molecule has 22 heavy (non-hydrogen) atoms. The van der Waals surface area contributed by atoms with Crippen LogP contribution in [0, 0.1) is 23.7 Å². The molecule has 0 aromatic heterocycles. The minimum Gasteiger partial charge on any atom is -0.481 e. The van der Waals surface area contributed by atoms with E-state index in [1.807, 2.05) is 12.2 Å². The van der Waals surface area contributed by atoms with E-state index >= 15 is 0 Å². The topological polar surface area (TPSA) is 104 Å². The van der Waals surface area contributed by atoms with E-state index in [0.717, 1.165) is 0 Å². The Bertz CT molecular complexity index is 664. The molecule has 2 aliphatic rings. The van der Waals surface area contributed by atoms with E-state index < -0.39 is 23.8 Å². The Morgan fingerprint density at radius 3 is 2.09 bits per heavy atom. The van der Waals surface area contributed by atoms with E-state index in [4.69, 9.17) is 5.11 Å². The molecule has 6 nitrogen and oxygen atoms in total. The van der Waals surface area contributed by atoms with Gasteiger partial charge in [-0.1, -0.05) is 12.2 Å². The van der Waals surface area contributed by atoms with E-state index in [9.17, 15) is 19.5 Å². The number of aromatic carboxylic acids is 1. The zero-order valence-corrected chi connectivity index (χ0v) is 11.6. The highest BCUT2D eigenvalue weighted by Crippen LogP contribution is 2.48. The van der Waals surface area contributed by atoms with Gasteiger partial charge in [0.25, 0.3) is 0 Å². The molecule has 1 aromatic rings. The largest absolute Gasteiger partial charge is 0.481 e. The Kier molecular flexibility index (Phi) is 3.44. The van der Waals surface area contributed by atoms with E-state index in [0.29, 0.717) is 12.1 Å². The van der Waals surface area contributed by atoms with Gasteiger partial charge in [0.05, 0.1) is 17.4 Å². The van der Waals surface area contributed by atoms with Gasteiger partial charge in [-0.05, 0) is 42.5 Å². The van der Waals surface area contributed by atoms with Crippen LogP contribution in [0.4, 0.5) is 5.69 Å². The van der Waals surface area contributed by atoms with Gasteiger partial charge in [0, 0.05) is 5.69 Å². The van der Waals surface area contributed by atoms with Crippen molar-refractivity contribution in [2.45, 2.75) is 6.42 Å². The number of hydrogen-bond donors (Lipinski definition) is 3. The molecule has 3 N–H and O–H groups in total. The van der Waals surface area contributed by atoms with Crippen LogP contribution in [0.2, 0.25) is 0 Å². The molecule has 2 aliphatic carbocycles. The summed E-state index contributed by atoms with van der Waals surface area (Å²) in [6.07, 6.45) is 4.50. The summed E-state index contributed by atoms with van der Waals surface area (Å²) in [5.74, 6) is -3.69. The zero-order chi connectivity index (χ0) is 15.9. The van der Waals surface area contributed by atoms with Crippen molar-refractivity contribution in [3.63, 3.8) is 0 Å². The summed E-state index contributed by atoms with van der Waals surface area (Å²) in [5, 5.41) is 20.9. The third-order valence-corrected chi connectivity index (χ3v) is 4.45. The molecule has 1 fully saturated rings. The van der Waals surface area contributed by atoms with Gasteiger partial charge in [0.2, 0.25) is 5.91 Å². The molecule has 1 aromatic carbocycles. The number of aliphatic carboxylic acids is 1. The second-order valence-corrected chi connectivity index (χ2v) is 5.71. The van der Waals surface area contributed by atoms with Gasteiger partial charge < -0.3 is 15.5 Å². The summed E-state index contributed by atoms with van der Waals surface area (Å²) in [4.78, 5) is 34.6. The molecule has 1 amide bonds. The number of benzene rings is 1. The molecular formula is C16H15NO5. The van der Waals surface area contributed by atoms with Crippen LogP contribution in [0.5, 0.6) is 0 Å². The average Bonchev–Trinajstić information content (AvgIpc) is 3.08. The van der Waals surface area contributed by atoms with Crippen molar-refractivity contribution in [2.75, 3.05) is 5.32 Å². The number of carboxylic acids is 2. The third-order valence-electron chi connectivity index (χ3n) is 4.45. The minimum atomic E-state index is -1.04. The number of anilines is 1. The Labute approximate surface area is 126 Å². The van der Waals surface area contributed by atoms with E-state index in [-0.39, 0.29) is 23.3 Å². The van der Waals surface area contributed by atoms with Crippen molar-refractivity contribution in [3.8, 4) is 0 Å². The summed E-state index contributed by atoms with van der Waals surface area (Å²) in [6, 6.07) is 5.79. The maximum Gasteiger partial charge on any atom is 0.335 e. The van der Waals surface area contributed by atoms with Gasteiger partial charge in [0.15, 0.2) is 0 Å². The number of carboxylic acid groups (broad SMARTS) is 2. The third kappa shape index (κ3) is 2.36. The van der Waals surface area contributed by atoms with Gasteiger partial charge >= 0.3 is 11.9 Å². The van der Waals surface area contributed by atoms with E-state index in [2.05, 4.69) is 5.32 Å². The number of nitrogens with one attached hydrogen (secondary N) is 1. The van der Waals surface area contributed by atoms with E-state index in [1.54, 1.807) is 0 Å². The van der Waals surface area contributed by atoms with Crippen LogP contribution >= 0.6 is 0 Å². The second-order valence-electron chi connectivity index (χ2n) is 5.71. The summed E-state index contributed by atoms with van der Waals surface area (Å²) in [5.41, 5.74) is 0.593. The normalized spacial score (nSPS) is 28.5. The number of rotatable bonds is 4. The molecule has 0 saturated heterocycles. The van der Waals surface area contributed by atoms with Crippen molar-refractivity contribution >= 4 is 23.5 Å². The standard InChI is InChI=1S/C16H15NO5/c18-14(17-11-5-3-8(4-6-11)15(19)20)12-9-1-2-10(7-9)13(12)16(21)22/h1-6,9-10,12-13H,7H2,(H,17,18)(H,19,20)(H,21,22)/t9-,10-,12+,13+/m1/s1. The average molecular weight is 301 g/mol. The number of amides is 1. The lowest BCUT2D eigenvalue weighted by atomic mass is 9.82. The first-order valence-electron chi connectivity index (χ1n) is 7.02. The van der Waals surface area contributed by atoms with Gasteiger partial charge in [-0.25, -0.2) is 4.79 Å². The number of carbonyl (C=O) groups excluding carboxylic acids is 1. The van der Waals surface area contributed by atoms with E-state index in [1.165, 1.54) is 24.3 Å². The highest BCUT2D eigenvalue weighted by molar-refractivity contribution is 5.97. The molecule has 3 rings (SSSR count). The number of hydrogen-bond acceptors (Lipinski definition) is 3. The zero-order valence-electron chi connectivity index (χ0n) is 11.6. The first-order valence-corrected chi connectivity index (χ1v) is 7.02. The van der Waals surface area contributed by atoms with Crippen LogP contribution < -0.4 is 5.32 Å². The van der Waals surface area contributed by atoms with Crippen LogP contribution in [0.3, 0.4) is 0 Å². The lowest BCUT2D eigenvalue weighted by Crippen LogP contribution is -2.36. The number of carbonyl (C=O) groups is 3. The van der Waals surface area contributed by atoms with Gasteiger partial charge in [-0.2, -0.15) is 0 Å². The van der Waals surface area contributed by atoms with Crippen LogP contribution in [0.25, 0.3) is 0 Å². The molecule has 6 heteroatoms. The molecular weight excluding hydrogens is 286 g/mol. The van der Waals surface area contributed by atoms with Crippen molar-refractivity contribution in [1.29, 1.82) is 0 Å². The molecule has 0 radical (unpaired) electrons. The predicted octanol–water partition coefficient (Wildman–Crippen LogP) is 1.85. The fourth-order valence-electron chi connectivity index (χ4n) is 3.44.